The molecule has 1 N–H and O–H groups in total. The first-order chi connectivity index (χ1) is 12.6. The molecule has 0 saturated heterocycles. The number of hydrogen-bond donors (Lipinski definition) is 1. The number of carboxylic acid groups (broad SMARTS) is 1. The summed E-state index contributed by atoms with van der Waals surface area (Å²) in [6.45, 7) is 2.46. The first-order valence-electron chi connectivity index (χ1n) is 8.62. The SMILES string of the molecule is CCCCn1c(-c2ccccc2)nc(-c2ccccc2)c(C(=O)O)c1=O. The minimum Gasteiger partial charge on any atom is -0.477 e. The molecular formula is C21H20N2O3. The number of aromatic carboxylic acids is 1. The Kier molecular flexibility index (Phi) is 5.27. The summed E-state index contributed by atoms with van der Waals surface area (Å²) in [5.74, 6) is -0.765. The van der Waals surface area contributed by atoms with Crippen LogP contribution in [0.15, 0.2) is 65.5 Å². The maximum absolute atomic E-state index is 13.0. The highest BCUT2D eigenvalue weighted by molar-refractivity contribution is 5.94. The zero-order valence-electron chi connectivity index (χ0n) is 14.6. The highest BCUT2D eigenvalue weighted by atomic mass is 16.4. The van der Waals surface area contributed by atoms with Crippen molar-refractivity contribution in [2.75, 3.05) is 0 Å². The fourth-order valence-corrected chi connectivity index (χ4v) is 2.88. The molecule has 0 radical (unpaired) electrons. The molecule has 26 heavy (non-hydrogen) atoms. The van der Waals surface area contributed by atoms with E-state index in [-0.39, 0.29) is 11.3 Å². The van der Waals surface area contributed by atoms with Crippen molar-refractivity contribution in [2.45, 2.75) is 26.3 Å². The molecule has 0 saturated carbocycles. The Bertz CT molecular complexity index is 964. The normalized spacial score (nSPS) is 10.7. The molecule has 0 fully saturated rings. The predicted octanol–water partition coefficient (Wildman–Crippen LogP) is 4.08. The van der Waals surface area contributed by atoms with E-state index in [4.69, 9.17) is 0 Å². The number of carboxylic acids is 1. The van der Waals surface area contributed by atoms with Crippen LogP contribution in [0.5, 0.6) is 0 Å². The summed E-state index contributed by atoms with van der Waals surface area (Å²) in [5.41, 5.74) is 0.803. The third kappa shape index (κ3) is 3.42. The quantitative estimate of drug-likeness (QED) is 0.729. The van der Waals surface area contributed by atoms with Gasteiger partial charge in [0.25, 0.3) is 5.56 Å². The number of hydrogen-bond acceptors (Lipinski definition) is 3. The molecule has 0 amide bonds. The molecule has 3 aromatic rings. The Balaban J connectivity index is 2.34. The topological polar surface area (TPSA) is 72.2 Å². The molecule has 0 unspecified atom stereocenters. The molecule has 0 spiro atoms. The third-order valence-electron chi connectivity index (χ3n) is 4.20. The van der Waals surface area contributed by atoms with Crippen LogP contribution in [0.4, 0.5) is 0 Å². The molecule has 5 heteroatoms. The number of unbranched alkanes of at least 4 members (excludes halogenated alkanes) is 1. The summed E-state index contributed by atoms with van der Waals surface area (Å²) >= 11 is 0. The second-order valence-corrected chi connectivity index (χ2v) is 6.01. The van der Waals surface area contributed by atoms with Crippen molar-refractivity contribution < 1.29 is 9.90 Å². The monoisotopic (exact) mass is 348 g/mol. The van der Waals surface area contributed by atoms with Crippen molar-refractivity contribution in [1.29, 1.82) is 0 Å². The Morgan fingerprint density at radius 2 is 1.58 bits per heavy atom. The molecule has 0 bridgehead atoms. The van der Waals surface area contributed by atoms with E-state index in [2.05, 4.69) is 4.98 Å². The Hall–Kier alpha value is -3.21. The minimum atomic E-state index is -1.26. The van der Waals surface area contributed by atoms with Gasteiger partial charge in [0.15, 0.2) is 5.56 Å². The third-order valence-corrected chi connectivity index (χ3v) is 4.20. The number of benzene rings is 2. The standard InChI is InChI=1S/C21H20N2O3/c1-2-3-14-23-19(16-12-8-5-9-13-16)22-18(15-10-6-4-7-11-15)17(20(23)24)21(25)26/h4-13H,2-3,14H2,1H3,(H,25,26). The number of carbonyl (C=O) groups is 1. The Labute approximate surface area is 151 Å². The summed E-state index contributed by atoms with van der Waals surface area (Å²) in [5, 5.41) is 9.67. The van der Waals surface area contributed by atoms with Crippen molar-refractivity contribution in [2.24, 2.45) is 0 Å². The lowest BCUT2D eigenvalue weighted by Gasteiger charge is -2.16. The summed E-state index contributed by atoms with van der Waals surface area (Å²) in [6.07, 6.45) is 1.66. The van der Waals surface area contributed by atoms with Crippen LogP contribution >= 0.6 is 0 Å². The van der Waals surface area contributed by atoms with Crippen LogP contribution in [0, 0.1) is 0 Å². The maximum Gasteiger partial charge on any atom is 0.343 e. The van der Waals surface area contributed by atoms with E-state index >= 15 is 0 Å². The largest absolute Gasteiger partial charge is 0.477 e. The van der Waals surface area contributed by atoms with Crippen LogP contribution in [0.2, 0.25) is 0 Å². The average Bonchev–Trinajstić information content (AvgIpc) is 2.67. The van der Waals surface area contributed by atoms with Gasteiger partial charge in [-0.15, -0.1) is 0 Å². The highest BCUT2D eigenvalue weighted by Crippen LogP contribution is 2.24. The fraction of sp³-hybridized carbons (Fsp3) is 0.190. The fourth-order valence-electron chi connectivity index (χ4n) is 2.88. The Morgan fingerprint density at radius 1 is 1.00 bits per heavy atom. The summed E-state index contributed by atoms with van der Waals surface area (Å²) in [7, 11) is 0. The molecule has 0 aliphatic carbocycles. The zero-order chi connectivity index (χ0) is 18.5. The van der Waals surface area contributed by atoms with E-state index in [1.807, 2.05) is 43.3 Å². The van der Waals surface area contributed by atoms with Crippen LogP contribution in [-0.4, -0.2) is 20.6 Å². The van der Waals surface area contributed by atoms with Gasteiger partial charge < -0.3 is 5.11 Å². The summed E-state index contributed by atoms with van der Waals surface area (Å²) in [4.78, 5) is 29.5. The lowest BCUT2D eigenvalue weighted by molar-refractivity contribution is 0.0694. The lowest BCUT2D eigenvalue weighted by Crippen LogP contribution is -2.30. The van der Waals surface area contributed by atoms with Gasteiger partial charge in [-0.05, 0) is 6.42 Å². The van der Waals surface area contributed by atoms with E-state index in [0.717, 1.165) is 18.4 Å². The van der Waals surface area contributed by atoms with Crippen LogP contribution in [0.1, 0.15) is 30.1 Å². The van der Waals surface area contributed by atoms with Crippen molar-refractivity contribution in [3.05, 3.63) is 76.6 Å². The second kappa shape index (κ2) is 7.78. The van der Waals surface area contributed by atoms with Gasteiger partial charge in [-0.25, -0.2) is 9.78 Å². The molecular weight excluding hydrogens is 328 g/mol. The molecule has 2 aromatic carbocycles. The van der Waals surface area contributed by atoms with E-state index < -0.39 is 11.5 Å². The van der Waals surface area contributed by atoms with Gasteiger partial charge in [-0.3, -0.25) is 9.36 Å². The van der Waals surface area contributed by atoms with E-state index in [0.29, 0.717) is 17.9 Å². The van der Waals surface area contributed by atoms with Crippen LogP contribution in [-0.2, 0) is 6.54 Å². The van der Waals surface area contributed by atoms with Gasteiger partial charge in [0.1, 0.15) is 5.82 Å². The van der Waals surface area contributed by atoms with Gasteiger partial charge in [0.05, 0.1) is 5.69 Å². The molecule has 0 aliphatic rings. The van der Waals surface area contributed by atoms with E-state index in [9.17, 15) is 14.7 Å². The summed E-state index contributed by atoms with van der Waals surface area (Å²) < 4.78 is 1.48. The van der Waals surface area contributed by atoms with Gasteiger partial charge in [-0.2, -0.15) is 0 Å². The van der Waals surface area contributed by atoms with Crippen molar-refractivity contribution in [1.82, 2.24) is 9.55 Å². The van der Waals surface area contributed by atoms with Crippen LogP contribution in [0.25, 0.3) is 22.6 Å². The minimum absolute atomic E-state index is 0.203. The number of nitrogens with zero attached hydrogens (tertiary/aromatic N) is 2. The van der Waals surface area contributed by atoms with E-state index in [1.54, 1.807) is 24.3 Å². The van der Waals surface area contributed by atoms with Crippen molar-refractivity contribution in [3.63, 3.8) is 0 Å². The van der Waals surface area contributed by atoms with Crippen molar-refractivity contribution in [3.8, 4) is 22.6 Å². The van der Waals surface area contributed by atoms with E-state index in [1.165, 1.54) is 4.57 Å². The highest BCUT2D eigenvalue weighted by Gasteiger charge is 2.23. The molecule has 1 heterocycles. The molecule has 132 valence electrons. The Morgan fingerprint density at radius 3 is 2.12 bits per heavy atom. The molecule has 3 rings (SSSR count). The molecule has 0 aliphatic heterocycles. The van der Waals surface area contributed by atoms with Crippen LogP contribution in [0.3, 0.4) is 0 Å². The first kappa shape index (κ1) is 17.6. The predicted molar refractivity (Wildman–Crippen MR) is 101 cm³/mol. The first-order valence-corrected chi connectivity index (χ1v) is 8.62. The van der Waals surface area contributed by atoms with Gasteiger partial charge >= 0.3 is 5.97 Å². The van der Waals surface area contributed by atoms with Gasteiger partial charge in [-0.1, -0.05) is 74.0 Å². The second-order valence-electron chi connectivity index (χ2n) is 6.01. The average molecular weight is 348 g/mol. The number of rotatable bonds is 6. The number of aromatic nitrogens is 2. The lowest BCUT2D eigenvalue weighted by atomic mass is 10.1. The van der Waals surface area contributed by atoms with Crippen LogP contribution < -0.4 is 5.56 Å². The van der Waals surface area contributed by atoms with Crippen molar-refractivity contribution >= 4 is 5.97 Å². The molecule has 5 nitrogen and oxygen atoms in total. The van der Waals surface area contributed by atoms with Gasteiger partial charge in [0.2, 0.25) is 0 Å². The smallest absolute Gasteiger partial charge is 0.343 e. The maximum atomic E-state index is 13.0. The zero-order valence-corrected chi connectivity index (χ0v) is 14.6. The molecule has 1 aromatic heterocycles. The molecule has 0 atom stereocenters. The summed E-state index contributed by atoms with van der Waals surface area (Å²) in [6, 6.07) is 18.3. The van der Waals surface area contributed by atoms with Gasteiger partial charge in [0, 0.05) is 17.7 Å².